The van der Waals surface area contributed by atoms with Gasteiger partial charge < -0.3 is 0 Å². The van der Waals surface area contributed by atoms with E-state index in [9.17, 15) is 0 Å². The minimum absolute atomic E-state index is 0.210. The van der Waals surface area contributed by atoms with Crippen LogP contribution in [0.5, 0.6) is 0 Å². The Morgan fingerprint density at radius 1 is 1.14 bits per heavy atom. The summed E-state index contributed by atoms with van der Waals surface area (Å²) in [6.45, 7) is 9.45. The van der Waals surface area contributed by atoms with Gasteiger partial charge in [0.1, 0.15) is 0 Å². The minimum Gasteiger partial charge on any atom is -0.237 e. The molecule has 0 aromatic rings. The number of nitrogens with zero attached hydrogens (tertiary/aromatic N) is 1. The molecule has 86 valence electrons. The summed E-state index contributed by atoms with van der Waals surface area (Å²) in [6.07, 6.45) is 4.22. The molecule has 0 aliphatic carbocycles. The van der Waals surface area contributed by atoms with Crippen LogP contribution in [0.2, 0.25) is 0 Å². The first-order valence-corrected chi connectivity index (χ1v) is 8.99. The van der Waals surface area contributed by atoms with Gasteiger partial charge in [-0.25, -0.2) is 4.31 Å². The van der Waals surface area contributed by atoms with Crippen molar-refractivity contribution in [2.24, 2.45) is 0 Å². The zero-order valence-electron chi connectivity index (χ0n) is 9.99. The zero-order valence-corrected chi connectivity index (χ0v) is 11.7. The number of rotatable bonds is 4. The third-order valence-electron chi connectivity index (χ3n) is 3.03. The SMILES string of the molecule is CC[SH](CC)SN1C(C)CCCC1C. The average molecular weight is 235 g/mol. The van der Waals surface area contributed by atoms with Crippen LogP contribution in [-0.4, -0.2) is 27.9 Å². The first-order chi connectivity index (χ1) is 6.69. The van der Waals surface area contributed by atoms with Crippen LogP contribution in [0.3, 0.4) is 0 Å². The molecule has 1 aliphatic heterocycles. The molecule has 14 heavy (non-hydrogen) atoms. The first kappa shape index (κ1) is 12.7. The van der Waals surface area contributed by atoms with Crippen molar-refractivity contribution in [3.8, 4) is 0 Å². The van der Waals surface area contributed by atoms with E-state index in [1.807, 2.05) is 0 Å². The Kier molecular flexibility index (Phi) is 5.72. The summed E-state index contributed by atoms with van der Waals surface area (Å²) in [5, 5.41) is 0. The van der Waals surface area contributed by atoms with Gasteiger partial charge in [0.25, 0.3) is 0 Å². The van der Waals surface area contributed by atoms with E-state index >= 15 is 0 Å². The lowest BCUT2D eigenvalue weighted by Crippen LogP contribution is -2.38. The third-order valence-corrected chi connectivity index (χ3v) is 8.39. The van der Waals surface area contributed by atoms with Crippen LogP contribution in [-0.2, 0) is 0 Å². The Balaban J connectivity index is 2.46. The summed E-state index contributed by atoms with van der Waals surface area (Å²) in [5.74, 6) is 2.74. The molecule has 3 heteroatoms. The van der Waals surface area contributed by atoms with E-state index in [0.717, 1.165) is 12.1 Å². The fourth-order valence-corrected chi connectivity index (χ4v) is 5.97. The molecule has 1 heterocycles. The van der Waals surface area contributed by atoms with Crippen molar-refractivity contribution in [1.82, 2.24) is 4.31 Å². The van der Waals surface area contributed by atoms with E-state index in [1.54, 1.807) is 0 Å². The highest BCUT2D eigenvalue weighted by molar-refractivity contribution is 8.84. The highest BCUT2D eigenvalue weighted by Crippen LogP contribution is 2.46. The maximum Gasteiger partial charge on any atom is 0.0184 e. The van der Waals surface area contributed by atoms with Crippen LogP contribution in [0.15, 0.2) is 0 Å². The van der Waals surface area contributed by atoms with Crippen LogP contribution in [0.25, 0.3) is 0 Å². The van der Waals surface area contributed by atoms with Crippen LogP contribution in [0, 0.1) is 0 Å². The molecule has 0 bridgehead atoms. The average Bonchev–Trinajstić information content (AvgIpc) is 2.18. The molecule has 0 amide bonds. The standard InChI is InChI=1S/C11H25NS2/c1-5-14(6-2)13-12-10(3)8-7-9-11(12)4/h10-11,14H,5-9H2,1-4H3. The maximum absolute atomic E-state index is 2.68. The second-order valence-corrected chi connectivity index (χ2v) is 9.04. The molecule has 0 spiro atoms. The summed E-state index contributed by atoms with van der Waals surface area (Å²) in [7, 11) is 2.39. The summed E-state index contributed by atoms with van der Waals surface area (Å²) < 4.78 is 2.68. The van der Waals surface area contributed by atoms with Gasteiger partial charge in [-0.15, -0.1) is 0 Å². The molecule has 2 atom stereocenters. The predicted molar refractivity (Wildman–Crippen MR) is 72.3 cm³/mol. The first-order valence-electron chi connectivity index (χ1n) is 5.90. The van der Waals surface area contributed by atoms with Gasteiger partial charge in [-0.3, -0.25) is 0 Å². The largest absolute Gasteiger partial charge is 0.237 e. The summed E-state index contributed by atoms with van der Waals surface area (Å²) in [5.41, 5.74) is 0. The smallest absolute Gasteiger partial charge is 0.0184 e. The fraction of sp³-hybridized carbons (Fsp3) is 1.00. The molecule has 1 saturated heterocycles. The van der Waals surface area contributed by atoms with E-state index < -0.39 is 0 Å². The molecule has 0 N–H and O–H groups in total. The van der Waals surface area contributed by atoms with E-state index in [4.69, 9.17) is 0 Å². The van der Waals surface area contributed by atoms with Crippen molar-refractivity contribution in [3.05, 3.63) is 0 Å². The van der Waals surface area contributed by atoms with Crippen molar-refractivity contribution in [1.29, 1.82) is 0 Å². The maximum atomic E-state index is 2.68. The van der Waals surface area contributed by atoms with Crippen LogP contribution < -0.4 is 0 Å². The molecule has 0 aromatic carbocycles. The predicted octanol–water partition coefficient (Wildman–Crippen LogP) is 3.85. The van der Waals surface area contributed by atoms with Crippen molar-refractivity contribution in [2.45, 2.75) is 59.0 Å². The molecule has 0 saturated carbocycles. The summed E-state index contributed by atoms with van der Waals surface area (Å²) in [4.78, 5) is 0. The lowest BCUT2D eigenvalue weighted by atomic mass is 10.0. The van der Waals surface area contributed by atoms with E-state index in [0.29, 0.717) is 0 Å². The Hall–Kier alpha value is 0.660. The molecular formula is C11H25NS2. The molecule has 0 radical (unpaired) electrons. The van der Waals surface area contributed by atoms with E-state index in [1.165, 1.54) is 30.8 Å². The molecule has 0 aromatic heterocycles. The summed E-state index contributed by atoms with van der Waals surface area (Å²) >= 11 is 0. The van der Waals surface area contributed by atoms with Gasteiger partial charge in [-0.05, 0) is 49.2 Å². The van der Waals surface area contributed by atoms with Crippen LogP contribution >= 0.6 is 20.9 Å². The molecule has 1 aliphatic rings. The molecule has 2 unspecified atom stereocenters. The van der Waals surface area contributed by atoms with Gasteiger partial charge in [-0.2, -0.15) is 9.93 Å². The molecule has 1 rings (SSSR count). The fourth-order valence-electron chi connectivity index (χ4n) is 2.03. The Morgan fingerprint density at radius 3 is 2.07 bits per heavy atom. The zero-order chi connectivity index (χ0) is 10.6. The molecule has 1 nitrogen and oxygen atoms in total. The monoisotopic (exact) mass is 235 g/mol. The van der Waals surface area contributed by atoms with Gasteiger partial charge >= 0.3 is 0 Å². The Labute approximate surface area is 95.9 Å². The van der Waals surface area contributed by atoms with Gasteiger partial charge in [0.2, 0.25) is 0 Å². The topological polar surface area (TPSA) is 3.24 Å². The number of thiol groups is 1. The summed E-state index contributed by atoms with van der Waals surface area (Å²) in [6, 6.07) is 1.60. The van der Waals surface area contributed by atoms with Crippen LogP contribution in [0.4, 0.5) is 0 Å². The van der Waals surface area contributed by atoms with E-state index in [2.05, 4.69) is 43.0 Å². The van der Waals surface area contributed by atoms with Gasteiger partial charge in [0.15, 0.2) is 0 Å². The number of hydrogen-bond acceptors (Lipinski definition) is 2. The quantitative estimate of drug-likeness (QED) is 0.448. The highest BCUT2D eigenvalue weighted by Gasteiger charge is 2.26. The molecular weight excluding hydrogens is 210 g/mol. The Morgan fingerprint density at radius 2 is 1.64 bits per heavy atom. The highest BCUT2D eigenvalue weighted by atomic mass is 33.1. The van der Waals surface area contributed by atoms with Crippen molar-refractivity contribution in [3.63, 3.8) is 0 Å². The van der Waals surface area contributed by atoms with Crippen molar-refractivity contribution < 1.29 is 0 Å². The third kappa shape index (κ3) is 3.35. The second kappa shape index (κ2) is 6.29. The van der Waals surface area contributed by atoms with Crippen molar-refractivity contribution in [2.75, 3.05) is 11.5 Å². The normalized spacial score (nSPS) is 30.4. The number of hydrogen-bond donors (Lipinski definition) is 1. The Bertz CT molecular complexity index is 149. The van der Waals surface area contributed by atoms with Gasteiger partial charge in [0, 0.05) is 12.1 Å². The second-order valence-electron chi connectivity index (χ2n) is 4.18. The molecule has 1 fully saturated rings. The van der Waals surface area contributed by atoms with E-state index in [-0.39, 0.29) is 9.93 Å². The lowest BCUT2D eigenvalue weighted by molar-refractivity contribution is 0.225. The van der Waals surface area contributed by atoms with Gasteiger partial charge in [-0.1, -0.05) is 20.3 Å². The minimum atomic E-state index is 0.210. The lowest BCUT2D eigenvalue weighted by Gasteiger charge is -2.40. The van der Waals surface area contributed by atoms with Gasteiger partial charge in [0.05, 0.1) is 0 Å². The number of piperidine rings is 1. The van der Waals surface area contributed by atoms with Crippen molar-refractivity contribution >= 4 is 20.9 Å². The van der Waals surface area contributed by atoms with Crippen LogP contribution in [0.1, 0.15) is 47.0 Å².